The van der Waals surface area contributed by atoms with Crippen molar-refractivity contribution in [2.45, 2.75) is 19.4 Å². The molecule has 0 radical (unpaired) electrons. The average molecular weight is 217 g/mol. The SMILES string of the molecule is CNC(=O)C(C)Nc1ccc(CC#N)cc1. The van der Waals surface area contributed by atoms with Gasteiger partial charge in [0.05, 0.1) is 12.5 Å². The molecule has 4 heteroatoms. The van der Waals surface area contributed by atoms with Gasteiger partial charge in [0, 0.05) is 12.7 Å². The molecule has 16 heavy (non-hydrogen) atoms. The first-order valence-electron chi connectivity index (χ1n) is 5.11. The molecule has 1 unspecified atom stereocenters. The highest BCUT2D eigenvalue weighted by molar-refractivity contribution is 5.83. The summed E-state index contributed by atoms with van der Waals surface area (Å²) >= 11 is 0. The second kappa shape index (κ2) is 5.76. The zero-order valence-electron chi connectivity index (χ0n) is 9.45. The van der Waals surface area contributed by atoms with Gasteiger partial charge in [0.2, 0.25) is 5.91 Å². The van der Waals surface area contributed by atoms with E-state index in [1.165, 1.54) is 0 Å². The first-order valence-corrected chi connectivity index (χ1v) is 5.11. The Morgan fingerprint density at radius 3 is 2.56 bits per heavy atom. The van der Waals surface area contributed by atoms with Crippen molar-refractivity contribution in [1.82, 2.24) is 5.32 Å². The predicted molar refractivity (Wildman–Crippen MR) is 62.9 cm³/mol. The molecule has 2 N–H and O–H groups in total. The van der Waals surface area contributed by atoms with E-state index < -0.39 is 0 Å². The Hall–Kier alpha value is -2.02. The minimum absolute atomic E-state index is 0.0545. The molecule has 0 heterocycles. The van der Waals surface area contributed by atoms with Gasteiger partial charge in [-0.1, -0.05) is 12.1 Å². The number of nitrogens with one attached hydrogen (secondary N) is 2. The number of hydrogen-bond acceptors (Lipinski definition) is 3. The summed E-state index contributed by atoms with van der Waals surface area (Å²) in [5.41, 5.74) is 1.85. The maximum atomic E-state index is 11.3. The summed E-state index contributed by atoms with van der Waals surface area (Å²) in [6.07, 6.45) is 0.408. The van der Waals surface area contributed by atoms with E-state index in [1.807, 2.05) is 24.3 Å². The van der Waals surface area contributed by atoms with Crippen LogP contribution < -0.4 is 10.6 Å². The Labute approximate surface area is 95.3 Å². The summed E-state index contributed by atoms with van der Waals surface area (Å²) in [4.78, 5) is 11.3. The van der Waals surface area contributed by atoms with Gasteiger partial charge in [-0.2, -0.15) is 5.26 Å². The zero-order chi connectivity index (χ0) is 12.0. The van der Waals surface area contributed by atoms with E-state index >= 15 is 0 Å². The van der Waals surface area contributed by atoms with Crippen LogP contribution in [0.25, 0.3) is 0 Å². The third-order valence-electron chi connectivity index (χ3n) is 2.26. The molecule has 0 fully saturated rings. The van der Waals surface area contributed by atoms with Crippen LogP contribution in [-0.2, 0) is 11.2 Å². The molecule has 0 saturated heterocycles. The second-order valence-corrected chi connectivity index (χ2v) is 3.51. The molecule has 1 aromatic carbocycles. The van der Waals surface area contributed by atoms with Crippen molar-refractivity contribution < 1.29 is 4.79 Å². The standard InChI is InChI=1S/C12H15N3O/c1-9(12(16)14-2)15-11-5-3-10(4-6-11)7-8-13/h3-6,9,15H,7H2,1-2H3,(H,14,16). The van der Waals surface area contributed by atoms with Crippen LogP contribution in [0.5, 0.6) is 0 Å². The number of carbonyl (C=O) groups is 1. The molecule has 1 amide bonds. The predicted octanol–water partition coefficient (Wildman–Crippen LogP) is 1.30. The van der Waals surface area contributed by atoms with E-state index in [4.69, 9.17) is 5.26 Å². The normalized spacial score (nSPS) is 11.3. The lowest BCUT2D eigenvalue weighted by Gasteiger charge is -2.13. The molecule has 0 saturated carbocycles. The van der Waals surface area contributed by atoms with Crippen LogP contribution in [0.1, 0.15) is 12.5 Å². The Bertz CT molecular complexity index is 392. The lowest BCUT2D eigenvalue weighted by atomic mass is 10.1. The van der Waals surface area contributed by atoms with Crippen molar-refractivity contribution in [1.29, 1.82) is 5.26 Å². The van der Waals surface area contributed by atoms with Crippen LogP contribution in [0, 0.1) is 11.3 Å². The lowest BCUT2D eigenvalue weighted by molar-refractivity contribution is -0.121. The fourth-order valence-corrected chi connectivity index (χ4v) is 1.34. The molecule has 0 aromatic heterocycles. The van der Waals surface area contributed by atoms with Crippen LogP contribution in [0.15, 0.2) is 24.3 Å². The average Bonchev–Trinajstić information content (AvgIpc) is 2.31. The zero-order valence-corrected chi connectivity index (χ0v) is 9.45. The van der Waals surface area contributed by atoms with E-state index in [0.717, 1.165) is 11.3 Å². The summed E-state index contributed by atoms with van der Waals surface area (Å²) in [7, 11) is 1.61. The molecule has 1 rings (SSSR count). The van der Waals surface area contributed by atoms with Gasteiger partial charge in [0.15, 0.2) is 0 Å². The molecule has 0 bridgehead atoms. The topological polar surface area (TPSA) is 64.9 Å². The van der Waals surface area contributed by atoms with Gasteiger partial charge in [-0.25, -0.2) is 0 Å². The Balaban J connectivity index is 2.62. The molecule has 0 aliphatic carbocycles. The van der Waals surface area contributed by atoms with E-state index in [1.54, 1.807) is 14.0 Å². The quantitative estimate of drug-likeness (QED) is 0.799. The number of rotatable bonds is 4. The van der Waals surface area contributed by atoms with Crippen molar-refractivity contribution in [3.63, 3.8) is 0 Å². The fraction of sp³-hybridized carbons (Fsp3) is 0.333. The highest BCUT2D eigenvalue weighted by Crippen LogP contribution is 2.11. The molecule has 84 valence electrons. The van der Waals surface area contributed by atoms with E-state index in [9.17, 15) is 4.79 Å². The Kier molecular flexibility index (Phi) is 4.34. The number of benzene rings is 1. The van der Waals surface area contributed by atoms with Crippen LogP contribution in [0.2, 0.25) is 0 Å². The minimum atomic E-state index is -0.271. The van der Waals surface area contributed by atoms with E-state index in [-0.39, 0.29) is 11.9 Å². The fourth-order valence-electron chi connectivity index (χ4n) is 1.34. The van der Waals surface area contributed by atoms with Gasteiger partial charge >= 0.3 is 0 Å². The Morgan fingerprint density at radius 1 is 1.44 bits per heavy atom. The molecular formula is C12H15N3O. The van der Waals surface area contributed by atoms with Crippen molar-refractivity contribution >= 4 is 11.6 Å². The maximum absolute atomic E-state index is 11.3. The van der Waals surface area contributed by atoms with Crippen molar-refractivity contribution in [2.75, 3.05) is 12.4 Å². The number of hydrogen-bond donors (Lipinski definition) is 2. The van der Waals surface area contributed by atoms with Gasteiger partial charge in [-0.15, -0.1) is 0 Å². The number of nitriles is 1. The summed E-state index contributed by atoms with van der Waals surface area (Å²) in [6, 6.07) is 9.30. The van der Waals surface area contributed by atoms with Gasteiger partial charge in [0.25, 0.3) is 0 Å². The number of likely N-dealkylation sites (N-methyl/N-ethyl adjacent to an activating group) is 1. The van der Waals surface area contributed by atoms with Gasteiger partial charge in [0.1, 0.15) is 6.04 Å². The van der Waals surface area contributed by atoms with Crippen LogP contribution in [-0.4, -0.2) is 19.0 Å². The third kappa shape index (κ3) is 3.28. The van der Waals surface area contributed by atoms with Crippen molar-refractivity contribution in [3.05, 3.63) is 29.8 Å². The minimum Gasteiger partial charge on any atom is -0.374 e. The number of nitrogens with zero attached hydrogens (tertiary/aromatic N) is 1. The largest absolute Gasteiger partial charge is 0.374 e. The van der Waals surface area contributed by atoms with Crippen LogP contribution in [0.4, 0.5) is 5.69 Å². The molecule has 1 atom stereocenters. The number of amides is 1. The second-order valence-electron chi connectivity index (χ2n) is 3.51. The maximum Gasteiger partial charge on any atom is 0.241 e. The van der Waals surface area contributed by atoms with E-state index in [0.29, 0.717) is 6.42 Å². The number of carbonyl (C=O) groups excluding carboxylic acids is 1. The summed E-state index contributed by atoms with van der Waals surface area (Å²) in [5.74, 6) is -0.0545. The monoisotopic (exact) mass is 217 g/mol. The van der Waals surface area contributed by atoms with Crippen LogP contribution in [0.3, 0.4) is 0 Å². The highest BCUT2D eigenvalue weighted by Gasteiger charge is 2.09. The number of anilines is 1. The molecular weight excluding hydrogens is 202 g/mol. The first kappa shape index (κ1) is 12.1. The van der Waals surface area contributed by atoms with Crippen molar-refractivity contribution in [2.24, 2.45) is 0 Å². The smallest absolute Gasteiger partial charge is 0.241 e. The summed E-state index contributed by atoms with van der Waals surface area (Å²) < 4.78 is 0. The van der Waals surface area contributed by atoms with Gasteiger partial charge in [-0.3, -0.25) is 4.79 Å². The highest BCUT2D eigenvalue weighted by atomic mass is 16.2. The first-order chi connectivity index (χ1) is 7.67. The van der Waals surface area contributed by atoms with E-state index in [2.05, 4.69) is 16.7 Å². The summed E-state index contributed by atoms with van der Waals surface area (Å²) in [5, 5.41) is 14.2. The molecule has 4 nitrogen and oxygen atoms in total. The Morgan fingerprint density at radius 2 is 2.06 bits per heavy atom. The molecule has 0 spiro atoms. The molecule has 1 aromatic rings. The van der Waals surface area contributed by atoms with Gasteiger partial charge in [-0.05, 0) is 24.6 Å². The van der Waals surface area contributed by atoms with Crippen molar-refractivity contribution in [3.8, 4) is 6.07 Å². The van der Waals surface area contributed by atoms with Gasteiger partial charge < -0.3 is 10.6 Å². The molecule has 0 aliphatic heterocycles. The molecule has 0 aliphatic rings. The van der Waals surface area contributed by atoms with Crippen LogP contribution >= 0.6 is 0 Å². The third-order valence-corrected chi connectivity index (χ3v) is 2.26. The summed E-state index contributed by atoms with van der Waals surface area (Å²) in [6.45, 7) is 1.79. The lowest BCUT2D eigenvalue weighted by Crippen LogP contribution is -2.35.